The highest BCUT2D eigenvalue weighted by molar-refractivity contribution is 5.92. The zero-order chi connectivity index (χ0) is 15.9. The third-order valence-corrected chi connectivity index (χ3v) is 3.19. The van der Waals surface area contributed by atoms with E-state index in [0.717, 1.165) is 11.3 Å². The Morgan fingerprint density at radius 2 is 2.09 bits per heavy atom. The molecular formula is C17H19NO4. The maximum atomic E-state index is 12.1. The van der Waals surface area contributed by atoms with Gasteiger partial charge in [0.25, 0.3) is 0 Å². The summed E-state index contributed by atoms with van der Waals surface area (Å²) in [5.41, 5.74) is 0.779. The minimum absolute atomic E-state index is 0.124. The van der Waals surface area contributed by atoms with E-state index in [2.05, 4.69) is 0 Å². The lowest BCUT2D eigenvalue weighted by Crippen LogP contribution is -2.23. The van der Waals surface area contributed by atoms with Crippen molar-refractivity contribution in [2.24, 2.45) is 0 Å². The molecule has 0 radical (unpaired) electrons. The van der Waals surface area contributed by atoms with Crippen molar-refractivity contribution in [2.45, 2.75) is 6.54 Å². The monoisotopic (exact) mass is 301 g/mol. The predicted octanol–water partition coefficient (Wildman–Crippen LogP) is 2.97. The first-order valence-electron chi connectivity index (χ1n) is 6.81. The Bertz CT molecular complexity index is 647. The zero-order valence-corrected chi connectivity index (χ0v) is 12.9. The molecule has 1 amide bonds. The highest BCUT2D eigenvalue weighted by Crippen LogP contribution is 2.25. The van der Waals surface area contributed by atoms with Gasteiger partial charge >= 0.3 is 0 Å². The summed E-state index contributed by atoms with van der Waals surface area (Å²) in [4.78, 5) is 13.7. The Labute approximate surface area is 129 Å². The molecule has 1 aromatic heterocycles. The molecule has 0 bridgehead atoms. The van der Waals surface area contributed by atoms with E-state index < -0.39 is 0 Å². The summed E-state index contributed by atoms with van der Waals surface area (Å²) in [7, 11) is 4.90. The summed E-state index contributed by atoms with van der Waals surface area (Å²) >= 11 is 0. The van der Waals surface area contributed by atoms with Crippen molar-refractivity contribution in [2.75, 3.05) is 21.3 Å². The lowest BCUT2D eigenvalue weighted by molar-refractivity contribution is -0.125. The molecule has 0 fully saturated rings. The van der Waals surface area contributed by atoms with Crippen LogP contribution >= 0.6 is 0 Å². The molecule has 1 aromatic carbocycles. The molecule has 0 aliphatic rings. The van der Waals surface area contributed by atoms with E-state index in [0.29, 0.717) is 18.0 Å². The van der Waals surface area contributed by atoms with Gasteiger partial charge in [-0.25, -0.2) is 0 Å². The lowest BCUT2D eigenvalue weighted by Gasteiger charge is -2.13. The molecule has 0 saturated carbocycles. The molecule has 22 heavy (non-hydrogen) atoms. The van der Waals surface area contributed by atoms with Crippen molar-refractivity contribution in [3.05, 3.63) is 54.0 Å². The molecule has 2 rings (SSSR count). The van der Waals surface area contributed by atoms with Gasteiger partial charge in [-0.15, -0.1) is 0 Å². The van der Waals surface area contributed by atoms with Gasteiger partial charge in [-0.2, -0.15) is 0 Å². The fourth-order valence-electron chi connectivity index (χ4n) is 1.97. The van der Waals surface area contributed by atoms with Crippen LogP contribution in [-0.2, 0) is 11.3 Å². The fourth-order valence-corrected chi connectivity index (χ4v) is 1.97. The van der Waals surface area contributed by atoms with Gasteiger partial charge in [0.1, 0.15) is 17.3 Å². The molecule has 0 aliphatic heterocycles. The Hall–Kier alpha value is -2.69. The van der Waals surface area contributed by atoms with Crippen LogP contribution in [0.5, 0.6) is 11.5 Å². The van der Waals surface area contributed by atoms with E-state index in [4.69, 9.17) is 13.9 Å². The highest BCUT2D eigenvalue weighted by atomic mass is 16.5. The summed E-state index contributed by atoms with van der Waals surface area (Å²) in [5, 5.41) is 0. The number of furan rings is 1. The average Bonchev–Trinajstić information content (AvgIpc) is 3.05. The van der Waals surface area contributed by atoms with Gasteiger partial charge in [-0.3, -0.25) is 4.79 Å². The Kier molecular flexibility index (Phi) is 5.25. The molecule has 0 saturated heterocycles. The molecule has 0 N–H and O–H groups in total. The maximum Gasteiger partial charge on any atom is 0.246 e. The minimum Gasteiger partial charge on any atom is -0.497 e. The molecule has 1 heterocycles. The van der Waals surface area contributed by atoms with Gasteiger partial charge in [0.15, 0.2) is 0 Å². The van der Waals surface area contributed by atoms with Gasteiger partial charge in [0, 0.05) is 18.7 Å². The number of carbonyl (C=O) groups is 1. The normalized spacial score (nSPS) is 10.7. The van der Waals surface area contributed by atoms with Crippen LogP contribution in [0.15, 0.2) is 47.1 Å². The van der Waals surface area contributed by atoms with Crippen molar-refractivity contribution in [1.29, 1.82) is 0 Å². The number of rotatable bonds is 6. The molecule has 2 aromatic rings. The van der Waals surface area contributed by atoms with Crippen LogP contribution in [-0.4, -0.2) is 32.1 Å². The predicted molar refractivity (Wildman–Crippen MR) is 83.8 cm³/mol. The summed E-state index contributed by atoms with van der Waals surface area (Å²) in [5.74, 6) is 2.00. The van der Waals surface area contributed by atoms with Crippen LogP contribution in [0.2, 0.25) is 0 Å². The number of hydrogen-bond acceptors (Lipinski definition) is 4. The van der Waals surface area contributed by atoms with Crippen LogP contribution in [0.3, 0.4) is 0 Å². The zero-order valence-electron chi connectivity index (χ0n) is 12.9. The first-order valence-corrected chi connectivity index (χ1v) is 6.81. The summed E-state index contributed by atoms with van der Waals surface area (Å²) in [6.07, 6.45) is 4.80. The second kappa shape index (κ2) is 7.36. The van der Waals surface area contributed by atoms with E-state index in [1.807, 2.05) is 12.1 Å². The number of likely N-dealkylation sites (N-methyl/N-ethyl adjacent to an activating group) is 1. The number of nitrogens with zero attached hydrogens (tertiary/aromatic N) is 1. The van der Waals surface area contributed by atoms with Crippen molar-refractivity contribution in [3.8, 4) is 11.5 Å². The van der Waals surface area contributed by atoms with E-state index in [-0.39, 0.29) is 5.91 Å². The second-order valence-electron chi connectivity index (χ2n) is 4.71. The molecule has 116 valence electrons. The van der Waals surface area contributed by atoms with Gasteiger partial charge in [0.05, 0.1) is 27.0 Å². The maximum absolute atomic E-state index is 12.1. The quantitative estimate of drug-likeness (QED) is 0.770. The first kappa shape index (κ1) is 15.7. The highest BCUT2D eigenvalue weighted by Gasteiger charge is 2.08. The van der Waals surface area contributed by atoms with E-state index >= 15 is 0 Å². The second-order valence-corrected chi connectivity index (χ2v) is 4.71. The standard InChI is InChI=1S/C17H19NO4/c1-18(12-15-5-4-10-22-15)17(19)9-6-13-11-14(20-2)7-8-16(13)21-3/h4-11H,12H2,1-3H3/b9-6+. The molecule has 0 spiro atoms. The van der Waals surface area contributed by atoms with Gasteiger partial charge in [0.2, 0.25) is 5.91 Å². The number of amides is 1. The van der Waals surface area contributed by atoms with Crippen LogP contribution in [0, 0.1) is 0 Å². The Morgan fingerprint density at radius 1 is 1.27 bits per heavy atom. The smallest absolute Gasteiger partial charge is 0.246 e. The lowest BCUT2D eigenvalue weighted by atomic mass is 10.1. The molecule has 0 atom stereocenters. The molecular weight excluding hydrogens is 282 g/mol. The van der Waals surface area contributed by atoms with Crippen molar-refractivity contribution in [3.63, 3.8) is 0 Å². The van der Waals surface area contributed by atoms with Gasteiger partial charge in [-0.05, 0) is 36.4 Å². The average molecular weight is 301 g/mol. The third-order valence-electron chi connectivity index (χ3n) is 3.19. The van der Waals surface area contributed by atoms with Gasteiger partial charge in [-0.1, -0.05) is 0 Å². The summed E-state index contributed by atoms with van der Waals surface area (Å²) in [6, 6.07) is 9.05. The Balaban J connectivity index is 2.08. The van der Waals surface area contributed by atoms with E-state index in [9.17, 15) is 4.79 Å². The first-order chi connectivity index (χ1) is 10.6. The molecule has 5 heteroatoms. The van der Waals surface area contributed by atoms with Crippen molar-refractivity contribution < 1.29 is 18.7 Å². The molecule has 5 nitrogen and oxygen atoms in total. The van der Waals surface area contributed by atoms with Crippen LogP contribution in [0.25, 0.3) is 6.08 Å². The third kappa shape index (κ3) is 3.91. The van der Waals surface area contributed by atoms with E-state index in [1.165, 1.54) is 6.08 Å². The van der Waals surface area contributed by atoms with Crippen molar-refractivity contribution >= 4 is 12.0 Å². The number of ether oxygens (including phenoxy) is 2. The van der Waals surface area contributed by atoms with Crippen LogP contribution in [0.1, 0.15) is 11.3 Å². The molecule has 0 aliphatic carbocycles. The van der Waals surface area contributed by atoms with Crippen molar-refractivity contribution in [1.82, 2.24) is 4.90 Å². The minimum atomic E-state index is -0.124. The number of carbonyl (C=O) groups excluding carboxylic acids is 1. The number of hydrogen-bond donors (Lipinski definition) is 0. The number of benzene rings is 1. The SMILES string of the molecule is COc1ccc(OC)c(/C=C/C(=O)N(C)Cc2ccco2)c1. The Morgan fingerprint density at radius 3 is 2.73 bits per heavy atom. The number of methoxy groups -OCH3 is 2. The molecule has 0 unspecified atom stereocenters. The summed E-state index contributed by atoms with van der Waals surface area (Å²) in [6.45, 7) is 0.422. The fraction of sp³-hybridized carbons (Fsp3) is 0.235. The van der Waals surface area contributed by atoms with Gasteiger partial charge < -0.3 is 18.8 Å². The summed E-state index contributed by atoms with van der Waals surface area (Å²) < 4.78 is 15.7. The largest absolute Gasteiger partial charge is 0.497 e. The van der Waals surface area contributed by atoms with E-state index in [1.54, 1.807) is 56.7 Å². The topological polar surface area (TPSA) is 51.9 Å². The van der Waals surface area contributed by atoms with Crippen LogP contribution < -0.4 is 9.47 Å². The van der Waals surface area contributed by atoms with Crippen LogP contribution in [0.4, 0.5) is 0 Å².